The molecule has 1 N–H and O–H groups in total. The molecule has 1 aliphatic heterocycles. The molecule has 1 aliphatic rings. The van der Waals surface area contributed by atoms with Crippen LogP contribution in [0.5, 0.6) is 0 Å². The number of nitrogens with zero attached hydrogens (tertiary/aromatic N) is 2. The summed E-state index contributed by atoms with van der Waals surface area (Å²) in [5, 5.41) is 13.4. The van der Waals surface area contributed by atoms with Crippen LogP contribution in [0.15, 0.2) is 29.2 Å². The number of non-ortho nitro benzene ring substituents is 1. The van der Waals surface area contributed by atoms with Crippen LogP contribution < -0.4 is 5.32 Å². The Morgan fingerprint density at radius 3 is 2.57 bits per heavy atom. The lowest BCUT2D eigenvalue weighted by molar-refractivity contribution is -0.384. The lowest BCUT2D eigenvalue weighted by Gasteiger charge is -2.25. The molecular weight excluding hydrogens is 301 g/mol. The topological polar surface area (TPSA) is 92.6 Å². The van der Waals surface area contributed by atoms with Crippen molar-refractivity contribution in [2.75, 3.05) is 26.2 Å². The van der Waals surface area contributed by atoms with E-state index in [2.05, 4.69) is 5.32 Å². The molecule has 0 spiro atoms. The van der Waals surface area contributed by atoms with Crippen LogP contribution in [0.3, 0.4) is 0 Å². The average molecular weight is 317 g/mol. The zero-order valence-electron chi connectivity index (χ0n) is 11.5. The van der Waals surface area contributed by atoms with Crippen LogP contribution in [0.1, 0.15) is 6.92 Å². The van der Waals surface area contributed by atoms with Crippen LogP contribution in [-0.4, -0.2) is 49.5 Å². The SMILES string of the molecule is CC1(F)CNCCN(S(=O)(=O)c2ccc([N+](=O)[O-])cc2)C1. The van der Waals surface area contributed by atoms with E-state index in [4.69, 9.17) is 0 Å². The van der Waals surface area contributed by atoms with Crippen LogP contribution in [0.4, 0.5) is 10.1 Å². The molecule has 0 aromatic heterocycles. The number of hydrogen-bond donors (Lipinski definition) is 1. The number of nitro groups is 1. The van der Waals surface area contributed by atoms with Gasteiger partial charge in [-0.2, -0.15) is 4.31 Å². The Labute approximate surface area is 122 Å². The summed E-state index contributed by atoms with van der Waals surface area (Å²) >= 11 is 0. The summed E-state index contributed by atoms with van der Waals surface area (Å²) in [4.78, 5) is 9.90. The van der Waals surface area contributed by atoms with Gasteiger partial charge in [-0.05, 0) is 19.1 Å². The minimum atomic E-state index is -3.87. The Hall–Kier alpha value is -1.58. The zero-order chi connectivity index (χ0) is 15.7. The second-order valence-corrected chi connectivity index (χ2v) is 7.12. The standard InChI is InChI=1S/C12H16FN3O4S/c1-12(13)8-14-6-7-15(9-12)21(19,20)11-4-2-10(3-5-11)16(17)18/h2-5,14H,6-9H2,1H3. The van der Waals surface area contributed by atoms with Crippen LogP contribution >= 0.6 is 0 Å². The molecule has 1 heterocycles. The molecule has 7 nitrogen and oxygen atoms in total. The first-order chi connectivity index (χ1) is 9.72. The van der Waals surface area contributed by atoms with Crippen molar-refractivity contribution >= 4 is 15.7 Å². The van der Waals surface area contributed by atoms with Crippen molar-refractivity contribution in [1.29, 1.82) is 0 Å². The molecule has 0 aliphatic carbocycles. The Bertz CT molecular complexity index is 630. The molecule has 21 heavy (non-hydrogen) atoms. The van der Waals surface area contributed by atoms with Crippen molar-refractivity contribution in [3.8, 4) is 0 Å². The number of benzene rings is 1. The lowest BCUT2D eigenvalue weighted by Crippen LogP contribution is -2.42. The van der Waals surface area contributed by atoms with Gasteiger partial charge in [-0.3, -0.25) is 10.1 Å². The third-order valence-corrected chi connectivity index (χ3v) is 5.08. The molecular formula is C12H16FN3O4S. The van der Waals surface area contributed by atoms with E-state index < -0.39 is 20.6 Å². The zero-order valence-corrected chi connectivity index (χ0v) is 12.3. The fourth-order valence-corrected chi connectivity index (χ4v) is 3.70. The molecule has 116 valence electrons. The number of nitro benzene ring substituents is 1. The van der Waals surface area contributed by atoms with Crippen LogP contribution in [-0.2, 0) is 10.0 Å². The predicted octanol–water partition coefficient (Wildman–Crippen LogP) is 0.917. The van der Waals surface area contributed by atoms with Gasteiger partial charge in [-0.25, -0.2) is 12.8 Å². The van der Waals surface area contributed by atoms with Gasteiger partial charge in [-0.15, -0.1) is 0 Å². The molecule has 0 amide bonds. The largest absolute Gasteiger partial charge is 0.312 e. The lowest BCUT2D eigenvalue weighted by atomic mass is 10.1. The molecule has 2 rings (SSSR count). The van der Waals surface area contributed by atoms with Gasteiger partial charge in [0.15, 0.2) is 0 Å². The number of hydrogen-bond acceptors (Lipinski definition) is 5. The van der Waals surface area contributed by atoms with Crippen molar-refractivity contribution in [2.45, 2.75) is 17.5 Å². The summed E-state index contributed by atoms with van der Waals surface area (Å²) in [5.74, 6) is 0. The normalized spacial score (nSPS) is 24.5. The molecule has 1 aromatic rings. The maximum atomic E-state index is 14.1. The van der Waals surface area contributed by atoms with Crippen molar-refractivity contribution in [3.63, 3.8) is 0 Å². The molecule has 1 unspecified atom stereocenters. The quantitative estimate of drug-likeness (QED) is 0.661. The second kappa shape index (κ2) is 5.66. The van der Waals surface area contributed by atoms with Gasteiger partial charge >= 0.3 is 0 Å². The number of rotatable bonds is 3. The van der Waals surface area contributed by atoms with E-state index >= 15 is 0 Å². The van der Waals surface area contributed by atoms with Crippen molar-refractivity contribution < 1.29 is 17.7 Å². The summed E-state index contributed by atoms with van der Waals surface area (Å²) in [5.41, 5.74) is -1.86. The molecule has 9 heteroatoms. The van der Waals surface area contributed by atoms with E-state index in [0.717, 1.165) is 16.4 Å². The van der Waals surface area contributed by atoms with Crippen molar-refractivity contribution in [2.24, 2.45) is 0 Å². The van der Waals surface area contributed by atoms with E-state index in [-0.39, 0.29) is 30.2 Å². The van der Waals surface area contributed by atoms with Crippen LogP contribution in [0.25, 0.3) is 0 Å². The molecule has 1 aromatic carbocycles. The molecule has 0 radical (unpaired) electrons. The summed E-state index contributed by atoms with van der Waals surface area (Å²) in [6.07, 6.45) is 0. The maximum Gasteiger partial charge on any atom is 0.269 e. The molecule has 1 fully saturated rings. The second-order valence-electron chi connectivity index (χ2n) is 5.18. The fourth-order valence-electron chi connectivity index (χ4n) is 2.15. The van der Waals surface area contributed by atoms with Gasteiger partial charge in [0.2, 0.25) is 10.0 Å². The Kier molecular flexibility index (Phi) is 4.26. The Balaban J connectivity index is 2.30. The minimum Gasteiger partial charge on any atom is -0.312 e. The molecule has 0 bridgehead atoms. The highest BCUT2D eigenvalue weighted by Crippen LogP contribution is 2.23. The number of alkyl halides is 1. The third-order valence-electron chi connectivity index (χ3n) is 3.22. The van der Waals surface area contributed by atoms with Crippen LogP contribution in [0, 0.1) is 10.1 Å². The van der Waals surface area contributed by atoms with E-state index in [9.17, 15) is 22.9 Å². The number of halogens is 1. The molecule has 1 atom stereocenters. The fraction of sp³-hybridized carbons (Fsp3) is 0.500. The Morgan fingerprint density at radius 1 is 1.38 bits per heavy atom. The highest BCUT2D eigenvalue weighted by molar-refractivity contribution is 7.89. The van der Waals surface area contributed by atoms with Crippen molar-refractivity contribution in [3.05, 3.63) is 34.4 Å². The Morgan fingerprint density at radius 2 is 2.00 bits per heavy atom. The third kappa shape index (κ3) is 3.55. The summed E-state index contributed by atoms with van der Waals surface area (Å²) in [6.45, 7) is 1.67. The van der Waals surface area contributed by atoms with Gasteiger partial charge in [0.25, 0.3) is 5.69 Å². The maximum absolute atomic E-state index is 14.1. The summed E-state index contributed by atoms with van der Waals surface area (Å²) in [7, 11) is -3.87. The van der Waals surface area contributed by atoms with E-state index in [1.54, 1.807) is 0 Å². The summed E-state index contributed by atoms with van der Waals surface area (Å²) < 4.78 is 40.1. The van der Waals surface area contributed by atoms with Gasteiger partial charge in [0.1, 0.15) is 5.67 Å². The van der Waals surface area contributed by atoms with E-state index in [1.807, 2.05) is 0 Å². The highest BCUT2D eigenvalue weighted by Gasteiger charge is 2.35. The first-order valence-corrected chi connectivity index (χ1v) is 7.81. The molecule has 1 saturated heterocycles. The smallest absolute Gasteiger partial charge is 0.269 e. The molecule has 0 saturated carbocycles. The van der Waals surface area contributed by atoms with Gasteiger partial charge < -0.3 is 5.32 Å². The van der Waals surface area contributed by atoms with Crippen LogP contribution in [0.2, 0.25) is 0 Å². The number of nitrogens with one attached hydrogen (secondary N) is 1. The predicted molar refractivity (Wildman–Crippen MR) is 74.2 cm³/mol. The number of sulfonamides is 1. The first kappa shape index (κ1) is 15.8. The van der Waals surface area contributed by atoms with E-state index in [0.29, 0.717) is 6.54 Å². The highest BCUT2D eigenvalue weighted by atomic mass is 32.2. The average Bonchev–Trinajstić information content (AvgIpc) is 2.60. The van der Waals surface area contributed by atoms with E-state index in [1.165, 1.54) is 19.1 Å². The van der Waals surface area contributed by atoms with Gasteiger partial charge in [-0.1, -0.05) is 0 Å². The van der Waals surface area contributed by atoms with Gasteiger partial charge in [0, 0.05) is 38.3 Å². The first-order valence-electron chi connectivity index (χ1n) is 6.37. The summed E-state index contributed by atoms with van der Waals surface area (Å²) in [6, 6.07) is 4.58. The van der Waals surface area contributed by atoms with Gasteiger partial charge in [0.05, 0.1) is 9.82 Å². The monoisotopic (exact) mass is 317 g/mol. The van der Waals surface area contributed by atoms with Crippen molar-refractivity contribution in [1.82, 2.24) is 9.62 Å². The minimum absolute atomic E-state index is 0.0780.